The van der Waals surface area contributed by atoms with Gasteiger partial charge >= 0.3 is 0 Å². The third-order valence-electron chi connectivity index (χ3n) is 5.87. The van der Waals surface area contributed by atoms with Crippen molar-refractivity contribution in [1.29, 1.82) is 0 Å². The molecule has 3 aliphatic heterocycles. The smallest absolute Gasteiger partial charge is 0.273 e. The summed E-state index contributed by atoms with van der Waals surface area (Å²) in [5.41, 5.74) is 0.416. The summed E-state index contributed by atoms with van der Waals surface area (Å²) in [5, 5.41) is 8.51. The molecule has 0 N–H and O–H groups in total. The number of anilines is 1. The molecule has 2 bridgehead atoms. The van der Waals surface area contributed by atoms with Crippen molar-refractivity contribution >= 4 is 11.7 Å². The van der Waals surface area contributed by atoms with Crippen molar-refractivity contribution in [3.63, 3.8) is 0 Å². The number of aromatic nitrogens is 2. The van der Waals surface area contributed by atoms with Gasteiger partial charge < -0.3 is 9.80 Å². The number of amides is 1. The van der Waals surface area contributed by atoms with Crippen LogP contribution in [0.15, 0.2) is 12.1 Å². The molecule has 130 valence electrons. The summed E-state index contributed by atoms with van der Waals surface area (Å²) in [5.74, 6) is 2.32. The van der Waals surface area contributed by atoms with Gasteiger partial charge in [0.1, 0.15) is 0 Å². The first-order chi connectivity index (χ1) is 11.6. The summed E-state index contributed by atoms with van der Waals surface area (Å²) in [6, 6.07) is 4.53. The predicted octanol–water partition coefficient (Wildman–Crippen LogP) is 1.49. The number of nitrogens with zero attached hydrogens (tertiary/aromatic N) is 5. The summed E-state index contributed by atoms with van der Waals surface area (Å²) in [6.07, 6.45) is 5.46. The van der Waals surface area contributed by atoms with Crippen LogP contribution in [-0.4, -0.2) is 72.2 Å². The molecular weight excluding hydrogens is 302 g/mol. The van der Waals surface area contributed by atoms with Crippen molar-refractivity contribution in [2.24, 2.45) is 11.8 Å². The molecule has 0 radical (unpaired) electrons. The Hall–Kier alpha value is -1.69. The number of carbonyl (C=O) groups is 1. The molecule has 3 atom stereocenters. The highest BCUT2D eigenvalue weighted by Crippen LogP contribution is 2.38. The minimum Gasteiger partial charge on any atom is -0.354 e. The van der Waals surface area contributed by atoms with E-state index >= 15 is 0 Å². The van der Waals surface area contributed by atoms with Gasteiger partial charge in [-0.25, -0.2) is 0 Å². The third kappa shape index (κ3) is 2.88. The Kier molecular flexibility index (Phi) is 4.16. The van der Waals surface area contributed by atoms with E-state index in [-0.39, 0.29) is 5.91 Å². The van der Waals surface area contributed by atoms with Gasteiger partial charge in [-0.05, 0) is 49.8 Å². The van der Waals surface area contributed by atoms with Crippen molar-refractivity contribution in [2.75, 3.05) is 45.2 Å². The highest BCUT2D eigenvalue weighted by atomic mass is 16.2. The van der Waals surface area contributed by atoms with Crippen molar-refractivity contribution in [3.8, 4) is 0 Å². The third-order valence-corrected chi connectivity index (χ3v) is 5.87. The summed E-state index contributed by atoms with van der Waals surface area (Å²) < 4.78 is 0. The quantitative estimate of drug-likeness (QED) is 0.823. The summed E-state index contributed by atoms with van der Waals surface area (Å²) in [4.78, 5) is 18.6. The van der Waals surface area contributed by atoms with Gasteiger partial charge in [-0.2, -0.15) is 0 Å². The van der Waals surface area contributed by atoms with Crippen LogP contribution in [0.1, 0.15) is 36.2 Å². The predicted molar refractivity (Wildman–Crippen MR) is 93.1 cm³/mol. The van der Waals surface area contributed by atoms with Gasteiger partial charge in [0.15, 0.2) is 11.5 Å². The molecule has 1 aromatic rings. The number of piperidine rings is 3. The Labute approximate surface area is 143 Å². The monoisotopic (exact) mass is 329 g/mol. The molecule has 4 heterocycles. The van der Waals surface area contributed by atoms with Gasteiger partial charge in [-0.1, -0.05) is 6.42 Å². The van der Waals surface area contributed by atoms with Crippen LogP contribution in [0.3, 0.4) is 0 Å². The average Bonchev–Trinajstić information content (AvgIpc) is 2.61. The molecule has 0 spiro atoms. The molecule has 24 heavy (non-hydrogen) atoms. The first kappa shape index (κ1) is 15.8. The Morgan fingerprint density at radius 2 is 2.04 bits per heavy atom. The average molecular weight is 329 g/mol. The van der Waals surface area contributed by atoms with E-state index in [0.717, 1.165) is 36.8 Å². The largest absolute Gasteiger partial charge is 0.354 e. The number of hydrogen-bond donors (Lipinski definition) is 0. The first-order valence-electron chi connectivity index (χ1n) is 9.16. The molecule has 3 fully saturated rings. The van der Waals surface area contributed by atoms with Crippen LogP contribution in [0.4, 0.5) is 5.82 Å². The van der Waals surface area contributed by atoms with Crippen molar-refractivity contribution in [3.05, 3.63) is 17.8 Å². The lowest BCUT2D eigenvalue weighted by molar-refractivity contribution is 0.0184. The fourth-order valence-corrected chi connectivity index (χ4v) is 4.79. The lowest BCUT2D eigenvalue weighted by Gasteiger charge is -2.52. The minimum atomic E-state index is -0.0950. The zero-order valence-corrected chi connectivity index (χ0v) is 14.7. The van der Waals surface area contributed by atoms with Crippen LogP contribution in [0.5, 0.6) is 0 Å². The maximum atomic E-state index is 12.0. The molecular formula is C18H27N5O. The lowest BCUT2D eigenvalue weighted by atomic mass is 9.76. The first-order valence-corrected chi connectivity index (χ1v) is 9.16. The van der Waals surface area contributed by atoms with Gasteiger partial charge in [0.25, 0.3) is 5.91 Å². The normalized spacial score (nSPS) is 29.9. The Morgan fingerprint density at radius 1 is 1.17 bits per heavy atom. The van der Waals surface area contributed by atoms with Gasteiger partial charge in [0.2, 0.25) is 0 Å². The zero-order valence-electron chi connectivity index (χ0n) is 14.7. The highest BCUT2D eigenvalue weighted by Gasteiger charge is 2.41. The second-order valence-electron chi connectivity index (χ2n) is 7.80. The molecule has 1 amide bonds. The Morgan fingerprint density at radius 3 is 2.79 bits per heavy atom. The SMILES string of the molecule is CN(C)C(=O)c1ccc(N2C[C@@H]3C[C@H](C2)[C@@H]2CCCCN2C3)nn1. The van der Waals surface area contributed by atoms with Crippen LogP contribution >= 0.6 is 0 Å². The lowest BCUT2D eigenvalue weighted by Crippen LogP contribution is -2.59. The summed E-state index contributed by atoms with van der Waals surface area (Å²) in [7, 11) is 3.47. The van der Waals surface area contributed by atoms with Crippen LogP contribution in [0.2, 0.25) is 0 Å². The highest BCUT2D eigenvalue weighted by molar-refractivity contribution is 5.91. The molecule has 3 saturated heterocycles. The molecule has 0 aromatic carbocycles. The van der Waals surface area contributed by atoms with Gasteiger partial charge in [-0.3, -0.25) is 9.69 Å². The molecule has 0 aliphatic carbocycles. The molecule has 1 aromatic heterocycles. The number of hydrogen-bond acceptors (Lipinski definition) is 5. The van der Waals surface area contributed by atoms with E-state index in [1.54, 1.807) is 14.1 Å². The topological polar surface area (TPSA) is 52.6 Å². The Balaban J connectivity index is 1.48. The molecule has 6 heteroatoms. The maximum Gasteiger partial charge on any atom is 0.273 e. The van der Waals surface area contributed by atoms with E-state index in [9.17, 15) is 4.79 Å². The summed E-state index contributed by atoms with van der Waals surface area (Å²) >= 11 is 0. The molecule has 4 rings (SSSR count). The van der Waals surface area contributed by atoms with E-state index in [0.29, 0.717) is 5.69 Å². The van der Waals surface area contributed by atoms with Gasteiger partial charge in [0.05, 0.1) is 0 Å². The van der Waals surface area contributed by atoms with Crippen LogP contribution in [-0.2, 0) is 0 Å². The summed E-state index contributed by atoms with van der Waals surface area (Å²) in [6.45, 7) is 4.67. The molecule has 3 aliphatic rings. The van der Waals surface area contributed by atoms with E-state index in [1.807, 2.05) is 12.1 Å². The van der Waals surface area contributed by atoms with Crippen LogP contribution in [0, 0.1) is 11.8 Å². The fourth-order valence-electron chi connectivity index (χ4n) is 4.79. The number of carbonyl (C=O) groups excluding carboxylic acids is 1. The Bertz CT molecular complexity index is 602. The molecule has 0 saturated carbocycles. The van der Waals surface area contributed by atoms with Gasteiger partial charge in [-0.15, -0.1) is 10.2 Å². The van der Waals surface area contributed by atoms with Crippen molar-refractivity contribution < 1.29 is 4.79 Å². The second-order valence-corrected chi connectivity index (χ2v) is 7.80. The van der Waals surface area contributed by atoms with Crippen LogP contribution < -0.4 is 4.90 Å². The van der Waals surface area contributed by atoms with E-state index < -0.39 is 0 Å². The fraction of sp³-hybridized carbons (Fsp3) is 0.722. The maximum absolute atomic E-state index is 12.0. The molecule has 6 nitrogen and oxygen atoms in total. The van der Waals surface area contributed by atoms with Crippen molar-refractivity contribution in [2.45, 2.75) is 31.7 Å². The van der Waals surface area contributed by atoms with E-state index in [2.05, 4.69) is 20.0 Å². The number of rotatable bonds is 2. The second kappa shape index (κ2) is 6.31. The molecule has 0 unspecified atom stereocenters. The minimum absolute atomic E-state index is 0.0950. The number of fused-ring (bicyclic) bond motifs is 4. The van der Waals surface area contributed by atoms with E-state index in [4.69, 9.17) is 0 Å². The van der Waals surface area contributed by atoms with Gasteiger partial charge in [0, 0.05) is 39.8 Å². The van der Waals surface area contributed by atoms with E-state index in [1.165, 1.54) is 43.7 Å². The zero-order chi connectivity index (χ0) is 16.7. The van der Waals surface area contributed by atoms with Crippen LogP contribution in [0.25, 0.3) is 0 Å². The van der Waals surface area contributed by atoms with Crippen molar-refractivity contribution in [1.82, 2.24) is 20.0 Å². The standard InChI is InChI=1S/C18H27N5O/c1-21(2)18(24)15-6-7-17(20-19-15)23-11-13-9-14(12-23)16-5-3-4-8-22(16)10-13/h6-7,13-14,16H,3-5,8-12H2,1-2H3/t13-,14-,16+/m1/s1.